The van der Waals surface area contributed by atoms with Gasteiger partial charge >= 0.3 is 0 Å². The molecule has 2 aromatic carbocycles. The largest absolute Gasteiger partial charge is 0.508 e. The number of aromatic hydroxyl groups is 2. The number of ether oxygens (including phenoxy) is 2. The van der Waals surface area contributed by atoms with Gasteiger partial charge in [0.05, 0.1) is 25.6 Å². The van der Waals surface area contributed by atoms with Crippen molar-refractivity contribution in [3.05, 3.63) is 42.5 Å². The highest BCUT2D eigenvalue weighted by Crippen LogP contribution is 2.40. The van der Waals surface area contributed by atoms with E-state index in [9.17, 15) is 10.2 Å². The molecule has 0 aliphatic carbocycles. The molecule has 3 rings (SSSR count). The number of nitrogens with zero attached hydrogens (tertiary/aromatic N) is 1. The number of hydrogen-bond donors (Lipinski definition) is 3. The van der Waals surface area contributed by atoms with Crippen molar-refractivity contribution >= 4 is 0 Å². The van der Waals surface area contributed by atoms with Gasteiger partial charge in [0.1, 0.15) is 5.75 Å². The number of phenolic OH excluding ortho intramolecular Hbond substituents is 2. The minimum Gasteiger partial charge on any atom is -0.508 e. The number of aromatic amines is 1. The van der Waals surface area contributed by atoms with Gasteiger partial charge in [-0.25, -0.2) is 0 Å². The Kier molecular flexibility index (Phi) is 3.80. The van der Waals surface area contributed by atoms with Crippen molar-refractivity contribution in [2.75, 3.05) is 14.2 Å². The topological polar surface area (TPSA) is 87.6 Å². The number of aromatic nitrogens is 2. The van der Waals surface area contributed by atoms with E-state index in [0.29, 0.717) is 17.2 Å². The van der Waals surface area contributed by atoms with Crippen LogP contribution in [0.25, 0.3) is 22.5 Å². The number of nitrogens with one attached hydrogen (secondary N) is 1. The van der Waals surface area contributed by atoms with Gasteiger partial charge in [-0.2, -0.15) is 5.10 Å². The molecule has 0 saturated carbocycles. The third kappa shape index (κ3) is 2.78. The van der Waals surface area contributed by atoms with E-state index in [1.54, 1.807) is 36.4 Å². The van der Waals surface area contributed by atoms with E-state index >= 15 is 0 Å². The van der Waals surface area contributed by atoms with E-state index < -0.39 is 0 Å². The molecule has 0 amide bonds. The lowest BCUT2D eigenvalue weighted by molar-refractivity contribution is 0.340. The normalized spacial score (nSPS) is 10.5. The summed E-state index contributed by atoms with van der Waals surface area (Å²) in [5, 5.41) is 26.6. The van der Waals surface area contributed by atoms with Crippen LogP contribution in [0.3, 0.4) is 0 Å². The molecule has 1 heterocycles. The number of rotatable bonds is 4. The Morgan fingerprint density at radius 1 is 0.870 bits per heavy atom. The van der Waals surface area contributed by atoms with Gasteiger partial charge in [-0.1, -0.05) is 0 Å². The van der Waals surface area contributed by atoms with Crippen molar-refractivity contribution < 1.29 is 19.7 Å². The molecule has 0 aliphatic heterocycles. The summed E-state index contributed by atoms with van der Waals surface area (Å²) < 4.78 is 10.3. The van der Waals surface area contributed by atoms with Crippen LogP contribution < -0.4 is 9.47 Å². The maximum absolute atomic E-state index is 9.97. The highest BCUT2D eigenvalue weighted by Gasteiger charge is 2.14. The monoisotopic (exact) mass is 312 g/mol. The number of H-pyrrole nitrogens is 1. The summed E-state index contributed by atoms with van der Waals surface area (Å²) in [6, 6.07) is 12.1. The van der Waals surface area contributed by atoms with Gasteiger partial charge in [0.15, 0.2) is 11.5 Å². The standard InChI is InChI=1S/C17H16N2O4/c1-22-15-7-11(8-16(23-2)17(15)21)14-9-13(18-19-14)10-3-5-12(20)6-4-10/h3-9,20-21H,1-2H3,(H,18,19). The molecular weight excluding hydrogens is 296 g/mol. The summed E-state index contributed by atoms with van der Waals surface area (Å²) in [6.07, 6.45) is 0. The molecule has 0 bridgehead atoms. The van der Waals surface area contributed by atoms with E-state index in [2.05, 4.69) is 10.2 Å². The van der Waals surface area contributed by atoms with Crippen LogP contribution in [0.5, 0.6) is 23.0 Å². The summed E-state index contributed by atoms with van der Waals surface area (Å²) in [5.41, 5.74) is 3.15. The predicted octanol–water partition coefficient (Wildman–Crippen LogP) is 3.17. The first-order valence-corrected chi connectivity index (χ1v) is 6.92. The Morgan fingerprint density at radius 2 is 1.48 bits per heavy atom. The van der Waals surface area contributed by atoms with E-state index in [0.717, 1.165) is 16.8 Å². The maximum Gasteiger partial charge on any atom is 0.200 e. The van der Waals surface area contributed by atoms with Gasteiger partial charge in [-0.3, -0.25) is 5.10 Å². The zero-order valence-corrected chi connectivity index (χ0v) is 12.7. The smallest absolute Gasteiger partial charge is 0.200 e. The number of phenols is 2. The summed E-state index contributed by atoms with van der Waals surface area (Å²) in [4.78, 5) is 0. The highest BCUT2D eigenvalue weighted by molar-refractivity contribution is 5.72. The van der Waals surface area contributed by atoms with Crippen LogP contribution in [0, 0.1) is 0 Å². The molecule has 3 aromatic rings. The number of hydrogen-bond acceptors (Lipinski definition) is 5. The Morgan fingerprint density at radius 3 is 2.04 bits per heavy atom. The SMILES string of the molecule is COc1cc(-c2cc(-c3ccc(O)cc3)[nH]n2)cc(OC)c1O. The van der Waals surface area contributed by atoms with Crippen molar-refractivity contribution in [2.45, 2.75) is 0 Å². The molecule has 3 N–H and O–H groups in total. The van der Waals surface area contributed by atoms with E-state index in [1.807, 2.05) is 6.07 Å². The van der Waals surface area contributed by atoms with Crippen molar-refractivity contribution in [3.8, 4) is 45.5 Å². The quantitative estimate of drug-likeness (QED) is 0.688. The van der Waals surface area contributed by atoms with Gasteiger partial charge in [0.25, 0.3) is 0 Å². The van der Waals surface area contributed by atoms with Gasteiger partial charge in [-0.15, -0.1) is 0 Å². The van der Waals surface area contributed by atoms with Crippen LogP contribution in [0.4, 0.5) is 0 Å². The third-order valence-corrected chi connectivity index (χ3v) is 3.53. The molecule has 0 aliphatic rings. The van der Waals surface area contributed by atoms with Crippen molar-refractivity contribution in [1.82, 2.24) is 10.2 Å². The minimum absolute atomic E-state index is 0.0481. The molecule has 0 spiro atoms. The lowest BCUT2D eigenvalue weighted by Gasteiger charge is -2.09. The van der Waals surface area contributed by atoms with Crippen LogP contribution in [-0.4, -0.2) is 34.6 Å². The lowest BCUT2D eigenvalue weighted by atomic mass is 10.1. The molecule has 23 heavy (non-hydrogen) atoms. The zero-order valence-electron chi connectivity index (χ0n) is 12.7. The van der Waals surface area contributed by atoms with Crippen LogP contribution in [-0.2, 0) is 0 Å². The minimum atomic E-state index is -0.0481. The van der Waals surface area contributed by atoms with Crippen molar-refractivity contribution in [1.29, 1.82) is 0 Å². The average Bonchev–Trinajstić information content (AvgIpc) is 3.05. The van der Waals surface area contributed by atoms with Gasteiger partial charge in [0, 0.05) is 5.56 Å². The van der Waals surface area contributed by atoms with Gasteiger partial charge in [0.2, 0.25) is 5.75 Å². The number of benzene rings is 2. The summed E-state index contributed by atoms with van der Waals surface area (Å²) >= 11 is 0. The average molecular weight is 312 g/mol. The molecule has 0 unspecified atom stereocenters. The van der Waals surface area contributed by atoms with Crippen LogP contribution >= 0.6 is 0 Å². The molecule has 0 saturated heterocycles. The lowest BCUT2D eigenvalue weighted by Crippen LogP contribution is -1.90. The maximum atomic E-state index is 9.97. The highest BCUT2D eigenvalue weighted by atomic mass is 16.5. The van der Waals surface area contributed by atoms with E-state index in [-0.39, 0.29) is 11.5 Å². The summed E-state index contributed by atoms with van der Waals surface area (Å²) in [6.45, 7) is 0. The molecule has 0 atom stereocenters. The first kappa shape index (κ1) is 14.8. The summed E-state index contributed by atoms with van der Waals surface area (Å²) in [5.74, 6) is 0.789. The number of methoxy groups -OCH3 is 2. The fraction of sp³-hybridized carbons (Fsp3) is 0.118. The van der Waals surface area contributed by atoms with Crippen molar-refractivity contribution in [3.63, 3.8) is 0 Å². The summed E-state index contributed by atoms with van der Waals surface area (Å²) in [7, 11) is 2.95. The Bertz CT molecular complexity index is 800. The Labute approximate surface area is 132 Å². The zero-order chi connectivity index (χ0) is 16.4. The van der Waals surface area contributed by atoms with Crippen LogP contribution in [0.15, 0.2) is 42.5 Å². The second kappa shape index (κ2) is 5.92. The van der Waals surface area contributed by atoms with Crippen molar-refractivity contribution in [2.24, 2.45) is 0 Å². The molecule has 6 heteroatoms. The molecule has 1 aromatic heterocycles. The molecule has 0 fully saturated rings. The Hall–Kier alpha value is -3.15. The van der Waals surface area contributed by atoms with Gasteiger partial charge < -0.3 is 19.7 Å². The molecular formula is C17H16N2O4. The van der Waals surface area contributed by atoms with E-state index in [1.165, 1.54) is 14.2 Å². The predicted molar refractivity (Wildman–Crippen MR) is 85.9 cm³/mol. The third-order valence-electron chi connectivity index (χ3n) is 3.53. The molecule has 118 valence electrons. The molecule has 6 nitrogen and oxygen atoms in total. The first-order valence-electron chi connectivity index (χ1n) is 6.92. The Balaban J connectivity index is 2.01. The van der Waals surface area contributed by atoms with Crippen LogP contribution in [0.2, 0.25) is 0 Å². The van der Waals surface area contributed by atoms with E-state index in [4.69, 9.17) is 9.47 Å². The van der Waals surface area contributed by atoms with Gasteiger partial charge in [-0.05, 0) is 48.0 Å². The fourth-order valence-corrected chi connectivity index (χ4v) is 2.30. The second-order valence-electron chi connectivity index (χ2n) is 4.94. The first-order chi connectivity index (χ1) is 11.1. The molecule has 0 radical (unpaired) electrons. The fourth-order valence-electron chi connectivity index (χ4n) is 2.30. The van der Waals surface area contributed by atoms with Crippen LogP contribution in [0.1, 0.15) is 0 Å². The second-order valence-corrected chi connectivity index (χ2v) is 4.94.